The standard InChI is InChI=1S/C8H5BrN4O3/c9-3-1-4-6(5(2-3)13(15)16)11-8(10)12-7(4)14/h1-2H,(H3,10,11,12,14). The van der Waals surface area contributed by atoms with Crippen molar-refractivity contribution in [3.63, 3.8) is 0 Å². The van der Waals surface area contributed by atoms with Crippen LogP contribution in [0, 0.1) is 10.1 Å². The molecule has 0 saturated carbocycles. The first-order chi connectivity index (χ1) is 7.49. The van der Waals surface area contributed by atoms with Gasteiger partial charge in [0, 0.05) is 10.5 Å². The predicted octanol–water partition coefficient (Wildman–Crippen LogP) is 1.18. The molecule has 2 aromatic rings. The number of anilines is 1. The fraction of sp³-hybridized carbons (Fsp3) is 0. The van der Waals surface area contributed by atoms with Crippen molar-refractivity contribution in [1.82, 2.24) is 9.97 Å². The molecule has 2 rings (SSSR count). The van der Waals surface area contributed by atoms with E-state index in [0.29, 0.717) is 4.47 Å². The lowest BCUT2D eigenvalue weighted by Gasteiger charge is -2.00. The van der Waals surface area contributed by atoms with E-state index in [1.807, 2.05) is 0 Å². The maximum atomic E-state index is 11.5. The number of H-pyrrole nitrogens is 1. The van der Waals surface area contributed by atoms with E-state index in [2.05, 4.69) is 25.9 Å². The zero-order valence-corrected chi connectivity index (χ0v) is 9.32. The van der Waals surface area contributed by atoms with Gasteiger partial charge in [0.25, 0.3) is 11.2 Å². The number of rotatable bonds is 1. The largest absolute Gasteiger partial charge is 0.369 e. The second-order valence-corrected chi connectivity index (χ2v) is 3.95. The Hall–Kier alpha value is -1.96. The SMILES string of the molecule is Nc1nc2c([N+](=O)[O-])cc(Br)cc2c(=O)[nH]1. The summed E-state index contributed by atoms with van der Waals surface area (Å²) in [7, 11) is 0. The number of aromatic amines is 1. The maximum absolute atomic E-state index is 11.5. The summed E-state index contributed by atoms with van der Waals surface area (Å²) in [5.41, 5.74) is 4.54. The number of benzene rings is 1. The fourth-order valence-corrected chi connectivity index (χ4v) is 1.79. The zero-order chi connectivity index (χ0) is 11.9. The Morgan fingerprint density at radius 2 is 2.19 bits per heavy atom. The smallest absolute Gasteiger partial charge is 0.296 e. The molecule has 1 aromatic heterocycles. The van der Waals surface area contributed by atoms with E-state index in [1.165, 1.54) is 12.1 Å². The van der Waals surface area contributed by atoms with Crippen molar-refractivity contribution < 1.29 is 4.92 Å². The number of nitrogens with two attached hydrogens (primary N) is 1. The molecular formula is C8H5BrN4O3. The summed E-state index contributed by atoms with van der Waals surface area (Å²) >= 11 is 3.09. The molecule has 0 amide bonds. The van der Waals surface area contributed by atoms with Gasteiger partial charge >= 0.3 is 0 Å². The Morgan fingerprint density at radius 1 is 1.50 bits per heavy atom. The third-order valence-electron chi connectivity index (χ3n) is 1.97. The van der Waals surface area contributed by atoms with E-state index in [4.69, 9.17) is 5.73 Å². The zero-order valence-electron chi connectivity index (χ0n) is 7.73. The van der Waals surface area contributed by atoms with Crippen LogP contribution in [0.3, 0.4) is 0 Å². The molecule has 0 saturated heterocycles. The van der Waals surface area contributed by atoms with Gasteiger partial charge in [0.05, 0.1) is 10.3 Å². The van der Waals surface area contributed by atoms with Gasteiger partial charge in [-0.2, -0.15) is 0 Å². The molecule has 0 spiro atoms. The Bertz CT molecular complexity index is 652. The number of nitrogens with one attached hydrogen (secondary N) is 1. The van der Waals surface area contributed by atoms with Crippen LogP contribution in [0.5, 0.6) is 0 Å². The van der Waals surface area contributed by atoms with Crippen molar-refractivity contribution in [3.05, 3.63) is 37.1 Å². The fourth-order valence-electron chi connectivity index (χ4n) is 1.35. The highest BCUT2D eigenvalue weighted by Crippen LogP contribution is 2.26. The average molecular weight is 285 g/mol. The molecule has 0 unspecified atom stereocenters. The Labute approximate surface area is 96.6 Å². The number of nitrogens with zero attached hydrogens (tertiary/aromatic N) is 2. The molecular weight excluding hydrogens is 280 g/mol. The van der Waals surface area contributed by atoms with Crippen LogP contribution in [0.15, 0.2) is 21.4 Å². The second-order valence-electron chi connectivity index (χ2n) is 3.03. The van der Waals surface area contributed by atoms with Crippen molar-refractivity contribution in [1.29, 1.82) is 0 Å². The third-order valence-corrected chi connectivity index (χ3v) is 2.43. The quantitative estimate of drug-likeness (QED) is 0.603. The van der Waals surface area contributed by atoms with Gasteiger partial charge in [-0.25, -0.2) is 4.98 Å². The lowest BCUT2D eigenvalue weighted by Crippen LogP contribution is -2.12. The molecule has 0 bridgehead atoms. The molecule has 3 N–H and O–H groups in total. The summed E-state index contributed by atoms with van der Waals surface area (Å²) in [4.78, 5) is 27.7. The first kappa shape index (κ1) is 10.6. The number of aromatic nitrogens is 2. The molecule has 0 aliphatic carbocycles. The number of nitrogen functional groups attached to an aromatic ring is 1. The highest BCUT2D eigenvalue weighted by Gasteiger charge is 2.17. The molecule has 16 heavy (non-hydrogen) atoms. The highest BCUT2D eigenvalue weighted by molar-refractivity contribution is 9.10. The lowest BCUT2D eigenvalue weighted by atomic mass is 10.2. The summed E-state index contributed by atoms with van der Waals surface area (Å²) in [6.45, 7) is 0. The molecule has 0 fully saturated rings. The van der Waals surface area contributed by atoms with E-state index in [0.717, 1.165) is 0 Å². The number of fused-ring (bicyclic) bond motifs is 1. The van der Waals surface area contributed by atoms with Crippen molar-refractivity contribution in [2.45, 2.75) is 0 Å². The normalized spacial score (nSPS) is 10.6. The molecule has 1 aromatic carbocycles. The number of nitro benzene ring substituents is 1. The second kappa shape index (κ2) is 3.56. The van der Waals surface area contributed by atoms with Crippen LogP contribution in [0.4, 0.5) is 11.6 Å². The first-order valence-corrected chi connectivity index (χ1v) is 4.92. The first-order valence-electron chi connectivity index (χ1n) is 4.12. The van der Waals surface area contributed by atoms with Gasteiger partial charge in [-0.05, 0) is 6.07 Å². The van der Waals surface area contributed by atoms with Crippen molar-refractivity contribution in [2.75, 3.05) is 5.73 Å². The number of nitro groups is 1. The number of halogens is 1. The summed E-state index contributed by atoms with van der Waals surface area (Å²) in [6.07, 6.45) is 0. The van der Waals surface area contributed by atoms with Gasteiger partial charge in [-0.1, -0.05) is 15.9 Å². The molecule has 7 nitrogen and oxygen atoms in total. The van der Waals surface area contributed by atoms with Crippen LogP contribution in [0.1, 0.15) is 0 Å². The molecule has 0 aliphatic heterocycles. The van der Waals surface area contributed by atoms with Crippen molar-refractivity contribution >= 4 is 38.5 Å². The molecule has 8 heteroatoms. The third kappa shape index (κ3) is 1.63. The van der Waals surface area contributed by atoms with E-state index >= 15 is 0 Å². The number of hydrogen-bond acceptors (Lipinski definition) is 5. The number of hydrogen-bond donors (Lipinski definition) is 2. The van der Waals surface area contributed by atoms with Gasteiger partial charge in [0.2, 0.25) is 5.95 Å². The van der Waals surface area contributed by atoms with Gasteiger partial charge in [-0.3, -0.25) is 19.9 Å². The van der Waals surface area contributed by atoms with Crippen LogP contribution in [0.2, 0.25) is 0 Å². The summed E-state index contributed by atoms with van der Waals surface area (Å²) in [6, 6.07) is 2.72. The van der Waals surface area contributed by atoms with Gasteiger partial charge in [0.1, 0.15) is 0 Å². The van der Waals surface area contributed by atoms with Crippen LogP contribution in [-0.2, 0) is 0 Å². The minimum absolute atomic E-state index is 0.0190. The summed E-state index contributed by atoms with van der Waals surface area (Å²) in [5, 5.41) is 10.9. The van der Waals surface area contributed by atoms with E-state index in [1.54, 1.807) is 0 Å². The lowest BCUT2D eigenvalue weighted by molar-refractivity contribution is -0.383. The minimum atomic E-state index is -0.612. The average Bonchev–Trinajstić information content (AvgIpc) is 2.18. The highest BCUT2D eigenvalue weighted by atomic mass is 79.9. The van der Waals surface area contributed by atoms with Crippen LogP contribution < -0.4 is 11.3 Å². The molecule has 1 heterocycles. The van der Waals surface area contributed by atoms with Crippen LogP contribution in [0.25, 0.3) is 10.9 Å². The van der Waals surface area contributed by atoms with E-state index < -0.39 is 10.5 Å². The molecule has 0 atom stereocenters. The van der Waals surface area contributed by atoms with Gasteiger partial charge < -0.3 is 5.73 Å². The van der Waals surface area contributed by atoms with Crippen molar-refractivity contribution in [3.8, 4) is 0 Å². The summed E-state index contributed by atoms with van der Waals surface area (Å²) < 4.78 is 0.434. The topological polar surface area (TPSA) is 115 Å². The predicted molar refractivity (Wildman–Crippen MR) is 61.1 cm³/mol. The van der Waals surface area contributed by atoms with E-state index in [-0.39, 0.29) is 22.5 Å². The molecule has 0 aliphatic rings. The van der Waals surface area contributed by atoms with Gasteiger partial charge in [0.15, 0.2) is 5.52 Å². The summed E-state index contributed by atoms with van der Waals surface area (Å²) in [5.74, 6) is -0.150. The Kier molecular flexibility index (Phi) is 2.35. The maximum Gasteiger partial charge on any atom is 0.296 e. The molecule has 0 radical (unpaired) electrons. The van der Waals surface area contributed by atoms with Crippen LogP contribution >= 0.6 is 15.9 Å². The Morgan fingerprint density at radius 3 is 2.81 bits per heavy atom. The van der Waals surface area contributed by atoms with Crippen LogP contribution in [-0.4, -0.2) is 14.9 Å². The van der Waals surface area contributed by atoms with Gasteiger partial charge in [-0.15, -0.1) is 0 Å². The Balaban J connectivity index is 3.01. The monoisotopic (exact) mass is 284 g/mol. The minimum Gasteiger partial charge on any atom is -0.369 e. The van der Waals surface area contributed by atoms with E-state index in [9.17, 15) is 14.9 Å². The molecule has 82 valence electrons. The van der Waals surface area contributed by atoms with Crippen molar-refractivity contribution in [2.24, 2.45) is 0 Å². The number of non-ortho nitro benzene ring substituents is 1.